The van der Waals surface area contributed by atoms with Crippen molar-refractivity contribution in [1.29, 1.82) is 0 Å². The molecule has 5 heteroatoms. The van der Waals surface area contributed by atoms with Gasteiger partial charge >= 0.3 is 5.97 Å². The first-order valence-electron chi connectivity index (χ1n) is 5.02. The number of aliphatic carboxylic acids is 1. The van der Waals surface area contributed by atoms with Gasteiger partial charge in [-0.3, -0.25) is 9.59 Å². The van der Waals surface area contributed by atoms with Crippen molar-refractivity contribution in [3.63, 3.8) is 0 Å². The number of carboxylic acids is 1. The number of amides is 1. The molecular formula is C10H19NO3S. The molecule has 0 aliphatic heterocycles. The fourth-order valence-electron chi connectivity index (χ4n) is 1.16. The zero-order valence-electron chi connectivity index (χ0n) is 9.52. The Morgan fingerprint density at radius 3 is 2.47 bits per heavy atom. The second kappa shape index (κ2) is 7.56. The minimum absolute atomic E-state index is 0.0416. The van der Waals surface area contributed by atoms with Crippen LogP contribution in [0.15, 0.2) is 0 Å². The summed E-state index contributed by atoms with van der Waals surface area (Å²) in [6, 6.07) is 0. The van der Waals surface area contributed by atoms with Crippen molar-refractivity contribution >= 4 is 23.6 Å². The summed E-state index contributed by atoms with van der Waals surface area (Å²) in [5.74, 6) is -0.522. The third-order valence-electron chi connectivity index (χ3n) is 2.17. The minimum Gasteiger partial charge on any atom is -0.481 e. The van der Waals surface area contributed by atoms with Crippen LogP contribution >= 0.6 is 11.8 Å². The fourth-order valence-corrected chi connectivity index (χ4v) is 1.54. The molecule has 0 aromatic rings. The SMILES string of the molecule is CCN(CC(C)C(=O)O)C(=O)CCSC. The molecule has 0 rings (SSSR count). The van der Waals surface area contributed by atoms with E-state index in [0.29, 0.717) is 19.5 Å². The molecule has 0 aliphatic rings. The topological polar surface area (TPSA) is 57.6 Å². The summed E-state index contributed by atoms with van der Waals surface area (Å²) in [6.45, 7) is 4.36. The lowest BCUT2D eigenvalue weighted by atomic mass is 10.1. The van der Waals surface area contributed by atoms with E-state index in [0.717, 1.165) is 5.75 Å². The van der Waals surface area contributed by atoms with Gasteiger partial charge in [-0.25, -0.2) is 0 Å². The van der Waals surface area contributed by atoms with E-state index in [1.807, 2.05) is 13.2 Å². The Balaban J connectivity index is 4.11. The van der Waals surface area contributed by atoms with Crippen LogP contribution in [0.3, 0.4) is 0 Å². The molecule has 0 saturated carbocycles. The molecule has 0 spiro atoms. The average Bonchev–Trinajstić information content (AvgIpc) is 2.21. The maximum absolute atomic E-state index is 11.6. The Bertz CT molecular complexity index is 221. The third-order valence-corrected chi connectivity index (χ3v) is 2.78. The molecule has 15 heavy (non-hydrogen) atoms. The zero-order chi connectivity index (χ0) is 11.8. The number of carboxylic acid groups (broad SMARTS) is 1. The van der Waals surface area contributed by atoms with Crippen molar-refractivity contribution in [2.24, 2.45) is 5.92 Å². The standard InChI is InChI=1S/C10H19NO3S/c1-4-11(7-8(2)10(13)14)9(12)5-6-15-3/h8H,4-7H2,1-3H3,(H,13,14). The molecule has 0 bridgehead atoms. The quantitative estimate of drug-likeness (QED) is 0.720. The van der Waals surface area contributed by atoms with Gasteiger partial charge in [0.05, 0.1) is 5.92 Å². The molecule has 0 aromatic heterocycles. The Morgan fingerprint density at radius 2 is 2.07 bits per heavy atom. The molecule has 0 aliphatic carbocycles. The molecule has 0 saturated heterocycles. The van der Waals surface area contributed by atoms with Gasteiger partial charge in [0.1, 0.15) is 0 Å². The number of carbonyl (C=O) groups is 2. The van der Waals surface area contributed by atoms with Crippen LogP contribution in [0.1, 0.15) is 20.3 Å². The van der Waals surface area contributed by atoms with Crippen molar-refractivity contribution in [2.75, 3.05) is 25.1 Å². The number of rotatable bonds is 7. The number of hydrogen-bond donors (Lipinski definition) is 1. The Hall–Kier alpha value is -0.710. The van der Waals surface area contributed by atoms with E-state index < -0.39 is 11.9 Å². The third kappa shape index (κ3) is 5.67. The molecule has 88 valence electrons. The second-order valence-corrected chi connectivity index (χ2v) is 4.40. The van der Waals surface area contributed by atoms with Crippen LogP contribution in [0, 0.1) is 5.92 Å². The normalized spacial score (nSPS) is 12.2. The molecule has 1 unspecified atom stereocenters. The van der Waals surface area contributed by atoms with Gasteiger partial charge < -0.3 is 10.0 Å². The van der Waals surface area contributed by atoms with Crippen molar-refractivity contribution in [1.82, 2.24) is 4.90 Å². The lowest BCUT2D eigenvalue weighted by Gasteiger charge is -2.22. The van der Waals surface area contributed by atoms with E-state index in [1.165, 1.54) is 0 Å². The van der Waals surface area contributed by atoms with Gasteiger partial charge in [0, 0.05) is 25.3 Å². The van der Waals surface area contributed by atoms with Gasteiger partial charge in [-0.2, -0.15) is 11.8 Å². The zero-order valence-corrected chi connectivity index (χ0v) is 10.3. The van der Waals surface area contributed by atoms with E-state index in [9.17, 15) is 9.59 Å². The van der Waals surface area contributed by atoms with E-state index in [-0.39, 0.29) is 5.91 Å². The van der Waals surface area contributed by atoms with Crippen molar-refractivity contribution in [2.45, 2.75) is 20.3 Å². The highest BCUT2D eigenvalue weighted by Crippen LogP contribution is 2.05. The number of nitrogens with zero attached hydrogens (tertiary/aromatic N) is 1. The second-order valence-electron chi connectivity index (χ2n) is 3.41. The summed E-state index contributed by atoms with van der Waals surface area (Å²) in [7, 11) is 0. The minimum atomic E-state index is -0.855. The maximum atomic E-state index is 11.6. The lowest BCUT2D eigenvalue weighted by molar-refractivity contribution is -0.143. The summed E-state index contributed by atoms with van der Waals surface area (Å²) in [5.41, 5.74) is 0. The Morgan fingerprint density at radius 1 is 1.47 bits per heavy atom. The van der Waals surface area contributed by atoms with Crippen molar-refractivity contribution < 1.29 is 14.7 Å². The summed E-state index contributed by atoms with van der Waals surface area (Å²) in [6.07, 6.45) is 2.44. The predicted octanol–water partition coefficient (Wildman–Crippen LogP) is 1.31. The molecule has 0 radical (unpaired) electrons. The molecular weight excluding hydrogens is 214 g/mol. The molecule has 1 atom stereocenters. The van der Waals surface area contributed by atoms with E-state index in [4.69, 9.17) is 5.11 Å². The van der Waals surface area contributed by atoms with Crippen LogP contribution in [-0.4, -0.2) is 47.0 Å². The predicted molar refractivity (Wildman–Crippen MR) is 62.1 cm³/mol. The van der Waals surface area contributed by atoms with Crippen LogP contribution in [0.25, 0.3) is 0 Å². The average molecular weight is 233 g/mol. The molecule has 1 N–H and O–H groups in total. The van der Waals surface area contributed by atoms with Crippen LogP contribution in [0.4, 0.5) is 0 Å². The van der Waals surface area contributed by atoms with Gasteiger partial charge in [0.25, 0.3) is 0 Å². The molecule has 0 fully saturated rings. The molecule has 0 aromatic carbocycles. The van der Waals surface area contributed by atoms with E-state index in [2.05, 4.69) is 0 Å². The highest BCUT2D eigenvalue weighted by molar-refractivity contribution is 7.98. The van der Waals surface area contributed by atoms with Gasteiger partial charge in [-0.1, -0.05) is 6.92 Å². The van der Waals surface area contributed by atoms with E-state index >= 15 is 0 Å². The molecule has 0 heterocycles. The first kappa shape index (κ1) is 14.3. The van der Waals surface area contributed by atoms with E-state index in [1.54, 1.807) is 23.6 Å². The highest BCUT2D eigenvalue weighted by atomic mass is 32.2. The summed E-state index contributed by atoms with van der Waals surface area (Å²) >= 11 is 1.62. The van der Waals surface area contributed by atoms with Crippen LogP contribution < -0.4 is 0 Å². The Labute approximate surface area is 95.0 Å². The van der Waals surface area contributed by atoms with Crippen LogP contribution in [0.5, 0.6) is 0 Å². The first-order chi connectivity index (χ1) is 7.02. The van der Waals surface area contributed by atoms with Gasteiger partial charge in [0.15, 0.2) is 0 Å². The highest BCUT2D eigenvalue weighted by Gasteiger charge is 2.18. The largest absolute Gasteiger partial charge is 0.481 e. The van der Waals surface area contributed by atoms with Crippen LogP contribution in [-0.2, 0) is 9.59 Å². The number of hydrogen-bond acceptors (Lipinski definition) is 3. The number of carbonyl (C=O) groups excluding carboxylic acids is 1. The first-order valence-corrected chi connectivity index (χ1v) is 6.41. The monoisotopic (exact) mass is 233 g/mol. The summed E-state index contributed by atoms with van der Waals surface area (Å²) < 4.78 is 0. The van der Waals surface area contributed by atoms with Crippen molar-refractivity contribution in [3.05, 3.63) is 0 Å². The van der Waals surface area contributed by atoms with Gasteiger partial charge in [-0.05, 0) is 13.2 Å². The molecule has 1 amide bonds. The fraction of sp³-hybridized carbons (Fsp3) is 0.800. The smallest absolute Gasteiger partial charge is 0.308 e. The van der Waals surface area contributed by atoms with Gasteiger partial charge in [0.2, 0.25) is 5.91 Å². The summed E-state index contributed by atoms with van der Waals surface area (Å²) in [5, 5.41) is 8.74. The lowest BCUT2D eigenvalue weighted by Crippen LogP contribution is -2.36. The molecule has 4 nitrogen and oxygen atoms in total. The maximum Gasteiger partial charge on any atom is 0.308 e. The summed E-state index contributed by atoms with van der Waals surface area (Å²) in [4.78, 5) is 23.9. The van der Waals surface area contributed by atoms with Crippen molar-refractivity contribution in [3.8, 4) is 0 Å². The van der Waals surface area contributed by atoms with Gasteiger partial charge in [-0.15, -0.1) is 0 Å². The Kier molecular flexibility index (Phi) is 7.21. The number of thioether (sulfide) groups is 1. The van der Waals surface area contributed by atoms with Crippen LogP contribution in [0.2, 0.25) is 0 Å².